The Morgan fingerprint density at radius 3 is 2.60 bits per heavy atom. The van der Waals surface area contributed by atoms with E-state index in [0.29, 0.717) is 5.69 Å². The first kappa shape index (κ1) is 14.0. The van der Waals surface area contributed by atoms with E-state index >= 15 is 0 Å². The summed E-state index contributed by atoms with van der Waals surface area (Å²) in [6.07, 6.45) is -0.783. The van der Waals surface area contributed by atoms with E-state index in [1.807, 2.05) is 18.2 Å². The topological polar surface area (TPSA) is 61.4 Å². The largest absolute Gasteiger partial charge is 0.387 e. The Kier molecular flexibility index (Phi) is 4.68. The van der Waals surface area contributed by atoms with Crippen molar-refractivity contribution in [2.45, 2.75) is 6.10 Å². The summed E-state index contributed by atoms with van der Waals surface area (Å²) >= 11 is 0. The number of nitrogens with one attached hydrogen (secondary N) is 2. The van der Waals surface area contributed by atoms with Crippen molar-refractivity contribution < 1.29 is 14.3 Å². The Bertz CT molecular complexity index is 575. The molecule has 0 saturated carbocycles. The van der Waals surface area contributed by atoms with Crippen LogP contribution in [0.5, 0.6) is 0 Å². The minimum absolute atomic E-state index is 0.0746. The second-order valence-corrected chi connectivity index (χ2v) is 4.27. The number of anilines is 1. The van der Waals surface area contributed by atoms with Crippen molar-refractivity contribution >= 4 is 11.7 Å². The number of urea groups is 1. The predicted octanol–water partition coefficient (Wildman–Crippen LogP) is 2.68. The van der Waals surface area contributed by atoms with Crippen LogP contribution in [0.25, 0.3) is 0 Å². The van der Waals surface area contributed by atoms with Gasteiger partial charge in [0.1, 0.15) is 5.82 Å². The third-order valence-electron chi connectivity index (χ3n) is 2.72. The number of aliphatic hydroxyl groups is 1. The first-order valence-corrected chi connectivity index (χ1v) is 6.18. The van der Waals surface area contributed by atoms with Crippen molar-refractivity contribution in [3.8, 4) is 0 Å². The number of carbonyl (C=O) groups is 1. The zero-order chi connectivity index (χ0) is 14.4. The maximum Gasteiger partial charge on any atom is 0.319 e. The van der Waals surface area contributed by atoms with E-state index in [1.165, 1.54) is 18.2 Å². The van der Waals surface area contributed by atoms with Gasteiger partial charge >= 0.3 is 6.03 Å². The summed E-state index contributed by atoms with van der Waals surface area (Å²) in [5.74, 6) is -0.424. The van der Waals surface area contributed by atoms with Gasteiger partial charge < -0.3 is 15.7 Å². The average Bonchev–Trinajstić information content (AvgIpc) is 2.46. The molecule has 1 atom stereocenters. The fraction of sp³-hybridized carbons (Fsp3) is 0.133. The molecule has 0 saturated heterocycles. The molecule has 0 aliphatic carbocycles. The van der Waals surface area contributed by atoms with Crippen molar-refractivity contribution in [3.05, 3.63) is 66.0 Å². The van der Waals surface area contributed by atoms with Crippen molar-refractivity contribution in [2.75, 3.05) is 11.9 Å². The SMILES string of the molecule is O=C(NC[C@H](O)c1ccccc1)Nc1cccc(F)c1. The molecular weight excluding hydrogens is 259 g/mol. The lowest BCUT2D eigenvalue weighted by atomic mass is 10.1. The highest BCUT2D eigenvalue weighted by Crippen LogP contribution is 2.11. The van der Waals surface area contributed by atoms with E-state index in [-0.39, 0.29) is 6.54 Å². The van der Waals surface area contributed by atoms with E-state index in [1.54, 1.807) is 18.2 Å². The summed E-state index contributed by atoms with van der Waals surface area (Å²) in [6, 6.07) is 14.1. The number of halogens is 1. The summed E-state index contributed by atoms with van der Waals surface area (Å²) in [4.78, 5) is 11.6. The van der Waals surface area contributed by atoms with E-state index in [4.69, 9.17) is 0 Å². The van der Waals surface area contributed by atoms with Gasteiger partial charge in [0.25, 0.3) is 0 Å². The molecule has 20 heavy (non-hydrogen) atoms. The maximum atomic E-state index is 12.9. The molecule has 0 aliphatic heterocycles. The van der Waals surface area contributed by atoms with E-state index in [9.17, 15) is 14.3 Å². The van der Waals surface area contributed by atoms with Gasteiger partial charge in [0.05, 0.1) is 6.10 Å². The summed E-state index contributed by atoms with van der Waals surface area (Å²) < 4.78 is 12.9. The van der Waals surface area contributed by atoms with Crippen LogP contribution in [0.2, 0.25) is 0 Å². The van der Waals surface area contributed by atoms with Crippen molar-refractivity contribution in [3.63, 3.8) is 0 Å². The number of hydrogen-bond acceptors (Lipinski definition) is 2. The lowest BCUT2D eigenvalue weighted by Crippen LogP contribution is -2.32. The highest BCUT2D eigenvalue weighted by molar-refractivity contribution is 5.89. The Morgan fingerprint density at radius 2 is 1.90 bits per heavy atom. The molecule has 2 amide bonds. The highest BCUT2D eigenvalue weighted by Gasteiger charge is 2.09. The molecule has 4 nitrogen and oxygen atoms in total. The first-order chi connectivity index (χ1) is 9.65. The lowest BCUT2D eigenvalue weighted by Gasteiger charge is -2.12. The molecule has 5 heteroatoms. The van der Waals surface area contributed by atoms with Gasteiger partial charge in [-0.15, -0.1) is 0 Å². The smallest absolute Gasteiger partial charge is 0.319 e. The van der Waals surface area contributed by atoms with Crippen LogP contribution < -0.4 is 10.6 Å². The Morgan fingerprint density at radius 1 is 1.15 bits per heavy atom. The monoisotopic (exact) mass is 274 g/mol. The summed E-state index contributed by atoms with van der Waals surface area (Å²) in [5, 5.41) is 14.9. The van der Waals surface area contributed by atoms with Crippen LogP contribution in [0.4, 0.5) is 14.9 Å². The van der Waals surface area contributed by atoms with Crippen molar-refractivity contribution in [2.24, 2.45) is 0 Å². The molecule has 0 aliphatic rings. The van der Waals surface area contributed by atoms with E-state index < -0.39 is 18.0 Å². The molecular formula is C15H15FN2O2. The second-order valence-electron chi connectivity index (χ2n) is 4.27. The quantitative estimate of drug-likeness (QED) is 0.802. The molecule has 0 unspecified atom stereocenters. The van der Waals surface area contributed by atoms with Crippen LogP contribution in [0, 0.1) is 5.82 Å². The zero-order valence-electron chi connectivity index (χ0n) is 10.7. The third kappa shape index (κ3) is 4.07. The fourth-order valence-electron chi connectivity index (χ4n) is 1.72. The summed E-state index contributed by atoms with van der Waals surface area (Å²) in [6.45, 7) is 0.0746. The number of carbonyl (C=O) groups excluding carboxylic acids is 1. The molecule has 0 spiro atoms. The molecule has 2 rings (SSSR count). The predicted molar refractivity (Wildman–Crippen MR) is 74.8 cm³/mol. The molecule has 3 N–H and O–H groups in total. The fourth-order valence-corrected chi connectivity index (χ4v) is 1.72. The van der Waals surface area contributed by atoms with Crippen LogP contribution >= 0.6 is 0 Å². The molecule has 0 aromatic heterocycles. The average molecular weight is 274 g/mol. The molecule has 0 heterocycles. The lowest BCUT2D eigenvalue weighted by molar-refractivity contribution is 0.175. The van der Waals surface area contributed by atoms with E-state index in [0.717, 1.165) is 5.56 Å². The van der Waals surface area contributed by atoms with Gasteiger partial charge in [0, 0.05) is 12.2 Å². The number of aliphatic hydroxyl groups excluding tert-OH is 1. The second kappa shape index (κ2) is 6.68. The Hall–Kier alpha value is -2.40. The van der Waals surface area contributed by atoms with Crippen LogP contribution in [0.1, 0.15) is 11.7 Å². The van der Waals surface area contributed by atoms with Crippen LogP contribution in [0.3, 0.4) is 0 Å². The number of amides is 2. The minimum Gasteiger partial charge on any atom is -0.387 e. The van der Waals surface area contributed by atoms with Crippen molar-refractivity contribution in [1.82, 2.24) is 5.32 Å². The van der Waals surface area contributed by atoms with Crippen LogP contribution in [0.15, 0.2) is 54.6 Å². The van der Waals surface area contributed by atoms with Gasteiger partial charge in [-0.3, -0.25) is 0 Å². The zero-order valence-corrected chi connectivity index (χ0v) is 10.7. The number of hydrogen-bond donors (Lipinski definition) is 3. The van der Waals surface area contributed by atoms with Gasteiger partial charge in [-0.1, -0.05) is 36.4 Å². The third-order valence-corrected chi connectivity index (χ3v) is 2.72. The molecule has 0 fully saturated rings. The molecule has 2 aromatic carbocycles. The van der Waals surface area contributed by atoms with Crippen LogP contribution in [-0.2, 0) is 0 Å². The van der Waals surface area contributed by atoms with Crippen LogP contribution in [-0.4, -0.2) is 17.7 Å². The minimum atomic E-state index is -0.783. The van der Waals surface area contributed by atoms with Gasteiger partial charge in [-0.2, -0.15) is 0 Å². The summed E-state index contributed by atoms with van der Waals surface area (Å²) in [5.41, 5.74) is 1.08. The molecule has 0 bridgehead atoms. The summed E-state index contributed by atoms with van der Waals surface area (Å²) in [7, 11) is 0. The standard InChI is InChI=1S/C15H15FN2O2/c16-12-7-4-8-13(9-12)18-15(20)17-10-14(19)11-5-2-1-3-6-11/h1-9,14,19H,10H2,(H2,17,18,20)/t14-/m0/s1. The molecule has 2 aromatic rings. The van der Waals surface area contributed by atoms with Gasteiger partial charge in [-0.05, 0) is 23.8 Å². The molecule has 104 valence electrons. The van der Waals surface area contributed by atoms with Gasteiger partial charge in [0.2, 0.25) is 0 Å². The molecule has 0 radical (unpaired) electrons. The number of rotatable bonds is 4. The number of benzene rings is 2. The Balaban J connectivity index is 1.83. The van der Waals surface area contributed by atoms with E-state index in [2.05, 4.69) is 10.6 Å². The first-order valence-electron chi connectivity index (χ1n) is 6.18. The normalized spacial score (nSPS) is 11.7. The van der Waals surface area contributed by atoms with Gasteiger partial charge in [0.15, 0.2) is 0 Å². The maximum absolute atomic E-state index is 12.9. The Labute approximate surface area is 116 Å². The van der Waals surface area contributed by atoms with Gasteiger partial charge in [-0.25, -0.2) is 9.18 Å². The highest BCUT2D eigenvalue weighted by atomic mass is 19.1. The van der Waals surface area contributed by atoms with Crippen molar-refractivity contribution in [1.29, 1.82) is 0 Å².